The van der Waals surface area contributed by atoms with Crippen LogP contribution in [0.3, 0.4) is 0 Å². The first kappa shape index (κ1) is 60.8. The summed E-state index contributed by atoms with van der Waals surface area (Å²) in [5.74, 6) is 0. The topological polar surface area (TPSA) is 294 Å². The van der Waals surface area contributed by atoms with E-state index in [0.29, 0.717) is 13.1 Å². The molecular formula is C32H26N14Os2. The number of aromatic nitrogens is 4. The molecule has 0 atom stereocenters. The summed E-state index contributed by atoms with van der Waals surface area (Å²) in [6.45, 7) is 43.1. The van der Waals surface area contributed by atoms with Gasteiger partial charge in [0.15, 0.2) is 0 Å². The summed E-state index contributed by atoms with van der Waals surface area (Å²) < 4.78 is 0. The Labute approximate surface area is 309 Å². The van der Waals surface area contributed by atoms with Crippen molar-refractivity contribution in [3.63, 3.8) is 0 Å². The molecule has 0 amide bonds. The van der Waals surface area contributed by atoms with Crippen molar-refractivity contribution in [2.75, 3.05) is 0 Å². The maximum absolute atomic E-state index is 6.25. The van der Waals surface area contributed by atoms with Crippen LogP contribution in [0.4, 0.5) is 0 Å². The van der Waals surface area contributed by atoms with Crippen LogP contribution < -0.4 is 11.5 Å². The maximum Gasteiger partial charge on any atom is 4.00 e. The summed E-state index contributed by atoms with van der Waals surface area (Å²) in [5, 5.41) is 50.0. The molecular weight excluding hydrogens is 961 g/mol. The molecule has 4 heterocycles. The van der Waals surface area contributed by atoms with E-state index < -0.39 is 0 Å². The minimum atomic E-state index is 0. The van der Waals surface area contributed by atoms with Gasteiger partial charge in [-0.25, -0.2) is 0 Å². The zero-order chi connectivity index (χ0) is 37.3. The average Bonchev–Trinajstić information content (AvgIpc) is 3.18. The van der Waals surface area contributed by atoms with Crippen molar-refractivity contribution in [2.45, 2.75) is 26.9 Å². The molecule has 0 spiro atoms. The molecule has 0 aliphatic carbocycles. The van der Waals surface area contributed by atoms with Crippen LogP contribution in [0.15, 0.2) is 73.3 Å². The van der Waals surface area contributed by atoms with Crippen LogP contribution in [0.5, 0.6) is 0 Å². The molecule has 0 unspecified atom stereocenters. The number of nitrogens with zero attached hydrogens (tertiary/aromatic N) is 12. The van der Waals surface area contributed by atoms with Gasteiger partial charge in [-0.2, -0.15) is 0 Å². The predicted octanol–water partition coefficient (Wildman–Crippen LogP) is 4.59. The number of pyridine rings is 4. The summed E-state index contributed by atoms with van der Waals surface area (Å²) in [6.07, 6.45) is 7.12. The summed E-state index contributed by atoms with van der Waals surface area (Å²) in [5.41, 5.74) is 19.2. The van der Waals surface area contributed by atoms with Gasteiger partial charge in [0.05, 0.1) is 22.8 Å². The standard InChI is InChI=1S/C12H14N4.C12H12N2.8CN.2Os/c13-7-9-1-3-15-11(5-9)12-6-10(8-14)2-4-16-12;1-9-3-5-13-11(7-9)12-8-10(2)4-6-14-12;8*1-2;;/h1-6H,7-8,13-14H2;3-8H,1-2H3;;;;;;;;;;/q;;8*-1;2*+4. The van der Waals surface area contributed by atoms with Gasteiger partial charge < -0.3 is 106 Å². The summed E-state index contributed by atoms with van der Waals surface area (Å²) in [7, 11) is 0. The third kappa shape index (κ3) is 28.5. The van der Waals surface area contributed by atoms with Gasteiger partial charge in [-0.05, 0) is 84.6 Å². The fraction of sp³-hybridized carbons (Fsp3) is 0.125. The Morgan fingerprint density at radius 2 is 0.625 bits per heavy atom. The Balaban J connectivity index is -0.0000000764. The number of aryl methyl sites for hydroxylation is 2. The van der Waals surface area contributed by atoms with Gasteiger partial charge in [0.25, 0.3) is 0 Å². The van der Waals surface area contributed by atoms with E-state index in [0.717, 1.165) is 33.9 Å². The van der Waals surface area contributed by atoms with Gasteiger partial charge in [-0.1, -0.05) is 0 Å². The van der Waals surface area contributed by atoms with E-state index in [1.165, 1.54) is 11.1 Å². The first-order valence-corrected chi connectivity index (χ1v) is 11.5. The van der Waals surface area contributed by atoms with Crippen LogP contribution in [0, 0.1) is 109 Å². The second-order valence-electron chi connectivity index (χ2n) is 6.94. The number of nitrogens with two attached hydrogens (primary N) is 2. The number of hydrogen-bond acceptors (Lipinski definition) is 14. The van der Waals surface area contributed by atoms with E-state index in [9.17, 15) is 0 Å². The molecule has 0 aliphatic rings. The molecule has 16 heteroatoms. The second-order valence-corrected chi connectivity index (χ2v) is 6.94. The SMILES string of the molecule is Cc1ccnc(-c2cc(C)ccn2)c1.NCc1ccnc(-c2cc(CN)ccn2)c1.[C-]#N.[C-]#N.[C-]#N.[C-]#N.[C-]#N.[C-]#N.[C-]#N.[C-]#N.[Os+4].[Os+4]. The van der Waals surface area contributed by atoms with E-state index >= 15 is 0 Å². The Morgan fingerprint density at radius 1 is 0.417 bits per heavy atom. The zero-order valence-electron chi connectivity index (χ0n) is 25.6. The van der Waals surface area contributed by atoms with Crippen LogP contribution >= 0.6 is 0 Å². The maximum atomic E-state index is 6.25. The fourth-order valence-electron chi connectivity index (χ4n) is 2.84. The molecule has 0 saturated heterocycles. The molecule has 4 aromatic rings. The quantitative estimate of drug-likeness (QED) is 0.265. The fourth-order valence-corrected chi connectivity index (χ4v) is 2.84. The van der Waals surface area contributed by atoms with Crippen molar-refractivity contribution in [3.8, 4) is 22.8 Å². The molecule has 0 bridgehead atoms. The van der Waals surface area contributed by atoms with Gasteiger partial charge in [-0.3, -0.25) is 19.9 Å². The van der Waals surface area contributed by atoms with Crippen LogP contribution in [-0.2, 0) is 52.7 Å². The largest absolute Gasteiger partial charge is 4.00 e. The third-order valence-electron chi connectivity index (χ3n) is 4.48. The van der Waals surface area contributed by atoms with E-state index in [1.807, 2.05) is 60.9 Å². The van der Waals surface area contributed by atoms with Crippen LogP contribution in [0.2, 0.25) is 0 Å². The van der Waals surface area contributed by atoms with Gasteiger partial charge in [0.1, 0.15) is 0 Å². The summed E-state index contributed by atoms with van der Waals surface area (Å²) in [6, 6.07) is 15.7. The van der Waals surface area contributed by atoms with Crippen LogP contribution in [0.25, 0.3) is 22.8 Å². The molecule has 14 nitrogen and oxygen atoms in total. The molecule has 48 heavy (non-hydrogen) atoms. The first-order chi connectivity index (χ1) is 22.6. The van der Waals surface area contributed by atoms with Crippen molar-refractivity contribution in [2.24, 2.45) is 11.5 Å². The average molecular weight is 987 g/mol. The Hall–Kier alpha value is -6.29. The Bertz CT molecular complexity index is 1330. The molecule has 4 aromatic heterocycles. The molecule has 0 aromatic carbocycles. The molecule has 0 aliphatic heterocycles. The van der Waals surface area contributed by atoms with Gasteiger partial charge in [-0.15, -0.1) is 0 Å². The van der Waals surface area contributed by atoms with E-state index in [1.54, 1.807) is 12.4 Å². The number of rotatable bonds is 4. The first-order valence-electron chi connectivity index (χ1n) is 11.5. The molecule has 0 radical (unpaired) electrons. The van der Waals surface area contributed by atoms with E-state index in [4.69, 9.17) is 106 Å². The smallest absolute Gasteiger partial charge is 0.512 e. The molecule has 0 fully saturated rings. The minimum Gasteiger partial charge on any atom is -0.512 e. The Kier molecular flexibility index (Phi) is 63.8. The van der Waals surface area contributed by atoms with E-state index in [-0.39, 0.29) is 39.6 Å². The van der Waals surface area contributed by atoms with Gasteiger partial charge in [0, 0.05) is 37.9 Å². The predicted molar refractivity (Wildman–Crippen MR) is 160 cm³/mol. The van der Waals surface area contributed by atoms with Crippen molar-refractivity contribution in [1.82, 2.24) is 19.9 Å². The van der Waals surface area contributed by atoms with Crippen molar-refractivity contribution >= 4 is 0 Å². The zero-order valence-corrected chi connectivity index (χ0v) is 30.7. The van der Waals surface area contributed by atoms with Crippen LogP contribution in [-0.4, -0.2) is 19.9 Å². The number of hydrogen-bond donors (Lipinski definition) is 2. The summed E-state index contributed by atoms with van der Waals surface area (Å²) >= 11 is 0. The van der Waals surface area contributed by atoms with E-state index in [2.05, 4.69) is 33.8 Å². The molecule has 0 saturated carbocycles. The third-order valence-corrected chi connectivity index (χ3v) is 4.48. The minimum absolute atomic E-state index is 0. The van der Waals surface area contributed by atoms with Crippen molar-refractivity contribution in [3.05, 3.63) is 148 Å². The molecule has 240 valence electrons. The van der Waals surface area contributed by atoms with Crippen molar-refractivity contribution in [1.29, 1.82) is 42.1 Å². The molecule has 4 N–H and O–H groups in total. The monoisotopic (exact) mass is 990 g/mol. The van der Waals surface area contributed by atoms with Gasteiger partial charge >= 0.3 is 39.6 Å². The Morgan fingerprint density at radius 3 is 0.833 bits per heavy atom. The normalized spacial score (nSPS) is 6.75. The van der Waals surface area contributed by atoms with Crippen LogP contribution in [0.1, 0.15) is 22.3 Å². The molecule has 4 rings (SSSR count). The summed E-state index contributed by atoms with van der Waals surface area (Å²) in [4.78, 5) is 17.1. The second kappa shape index (κ2) is 50.3. The van der Waals surface area contributed by atoms with Crippen molar-refractivity contribution < 1.29 is 39.6 Å². The van der Waals surface area contributed by atoms with Gasteiger partial charge in [0.2, 0.25) is 0 Å².